The summed E-state index contributed by atoms with van der Waals surface area (Å²) in [6.45, 7) is 2.83. The van der Waals surface area contributed by atoms with Crippen LogP contribution in [0.4, 0.5) is 5.82 Å². The van der Waals surface area contributed by atoms with Gasteiger partial charge in [-0.1, -0.05) is 0 Å². The number of anilines is 1. The molecule has 0 radical (unpaired) electrons. The lowest BCUT2D eigenvalue weighted by Gasteiger charge is -2.30. The third-order valence-corrected chi connectivity index (χ3v) is 7.93. The van der Waals surface area contributed by atoms with E-state index in [2.05, 4.69) is 15.0 Å². The van der Waals surface area contributed by atoms with E-state index in [1.807, 2.05) is 0 Å². The van der Waals surface area contributed by atoms with Crippen molar-refractivity contribution in [1.82, 2.24) is 19.5 Å². The minimum Gasteiger partial charge on any atom is -0.778 e. The Morgan fingerprint density at radius 2 is 1.97 bits per heavy atom. The number of rotatable bonds is 6. The van der Waals surface area contributed by atoms with Crippen molar-refractivity contribution >= 4 is 32.2 Å². The molecule has 2 aromatic heterocycles. The molecule has 0 aliphatic carbocycles. The summed E-state index contributed by atoms with van der Waals surface area (Å²) in [6, 6.07) is 0. The number of imidazole rings is 1. The summed E-state index contributed by atoms with van der Waals surface area (Å²) in [6.07, 6.45) is -0.424. The molecular formula is C14H19N5O9P2-2. The van der Waals surface area contributed by atoms with E-state index in [1.165, 1.54) is 12.7 Å². The zero-order valence-electron chi connectivity index (χ0n) is 15.9. The summed E-state index contributed by atoms with van der Waals surface area (Å²) in [5.41, 5.74) is 6.55. The van der Waals surface area contributed by atoms with Crippen molar-refractivity contribution in [3.63, 3.8) is 0 Å². The van der Waals surface area contributed by atoms with Crippen molar-refractivity contribution in [2.45, 2.75) is 44.2 Å². The first-order chi connectivity index (χ1) is 13.9. The lowest BCUT2D eigenvalue weighted by atomic mass is 10.1. The van der Waals surface area contributed by atoms with Crippen molar-refractivity contribution in [3.05, 3.63) is 12.7 Å². The first-order valence-corrected chi connectivity index (χ1v) is 12.3. The topological polar surface area (TPSA) is 207 Å². The molecule has 2 aliphatic rings. The fraction of sp³-hybridized carbons (Fsp3) is 0.643. The zero-order valence-corrected chi connectivity index (χ0v) is 17.6. The van der Waals surface area contributed by atoms with Crippen molar-refractivity contribution in [2.24, 2.45) is 0 Å². The van der Waals surface area contributed by atoms with E-state index in [9.17, 15) is 18.9 Å². The van der Waals surface area contributed by atoms with Gasteiger partial charge < -0.3 is 48.3 Å². The molecule has 2 saturated heterocycles. The molecule has 0 spiro atoms. The maximum atomic E-state index is 11.8. The highest BCUT2D eigenvalue weighted by atomic mass is 31.2. The van der Waals surface area contributed by atoms with Gasteiger partial charge in [0.2, 0.25) is 0 Å². The van der Waals surface area contributed by atoms with Crippen LogP contribution in [0.1, 0.15) is 20.1 Å². The molecule has 0 saturated carbocycles. The maximum absolute atomic E-state index is 11.8. The van der Waals surface area contributed by atoms with Gasteiger partial charge in [-0.15, -0.1) is 0 Å². The number of nitrogens with zero attached hydrogens (tertiary/aromatic N) is 4. The Morgan fingerprint density at radius 3 is 2.67 bits per heavy atom. The van der Waals surface area contributed by atoms with Gasteiger partial charge >= 0.3 is 0 Å². The summed E-state index contributed by atoms with van der Waals surface area (Å²) >= 11 is 0. The second-order valence-electron chi connectivity index (χ2n) is 7.40. The Labute approximate surface area is 170 Å². The third kappa shape index (κ3) is 4.28. The quantitative estimate of drug-likeness (QED) is 0.488. The van der Waals surface area contributed by atoms with Gasteiger partial charge in [-0.25, -0.2) is 15.0 Å². The van der Waals surface area contributed by atoms with Crippen LogP contribution < -0.4 is 15.5 Å². The minimum atomic E-state index is -5.06. The van der Waals surface area contributed by atoms with E-state index < -0.39 is 58.0 Å². The van der Waals surface area contributed by atoms with Gasteiger partial charge in [0.1, 0.15) is 45.3 Å². The third-order valence-electron chi connectivity index (χ3n) is 4.57. The number of nitrogens with two attached hydrogens (primary N) is 1. The SMILES string of the molecule is CC1(C)O[C@@H]2[C@H](O1)[C@@H](COP(=O)([O-])CP(=O)([O-])O)O[C@H]2n1cnc2c(N)ncnc21. The van der Waals surface area contributed by atoms with Gasteiger partial charge in [0.05, 0.1) is 18.8 Å². The summed E-state index contributed by atoms with van der Waals surface area (Å²) < 4.78 is 46.8. The predicted molar refractivity (Wildman–Crippen MR) is 95.7 cm³/mol. The molecule has 2 aromatic rings. The molecule has 6 atom stereocenters. The van der Waals surface area contributed by atoms with Crippen molar-refractivity contribution < 1.29 is 42.5 Å². The smallest absolute Gasteiger partial charge is 0.167 e. The normalized spacial score (nSPS) is 32.0. The molecule has 3 N–H and O–H groups in total. The van der Waals surface area contributed by atoms with E-state index in [0.717, 1.165) is 0 Å². The molecule has 166 valence electrons. The van der Waals surface area contributed by atoms with Crippen LogP contribution in [0.5, 0.6) is 0 Å². The Morgan fingerprint density at radius 1 is 1.27 bits per heavy atom. The first-order valence-electron chi connectivity index (χ1n) is 8.77. The van der Waals surface area contributed by atoms with Crippen molar-refractivity contribution in [3.8, 4) is 0 Å². The highest BCUT2D eigenvalue weighted by molar-refractivity contribution is 7.68. The Hall–Kier alpha value is -1.47. The van der Waals surface area contributed by atoms with Gasteiger partial charge in [0.15, 0.2) is 23.5 Å². The lowest BCUT2D eigenvalue weighted by molar-refractivity contribution is -0.213. The highest BCUT2D eigenvalue weighted by Gasteiger charge is 2.56. The van der Waals surface area contributed by atoms with Crippen LogP contribution in [0.15, 0.2) is 12.7 Å². The van der Waals surface area contributed by atoms with Crippen LogP contribution in [0.3, 0.4) is 0 Å². The molecule has 4 rings (SSSR count). The van der Waals surface area contributed by atoms with Crippen LogP contribution in [0.25, 0.3) is 11.2 Å². The number of hydrogen-bond acceptors (Lipinski definition) is 12. The number of aromatic nitrogens is 4. The van der Waals surface area contributed by atoms with Gasteiger partial charge in [-0.05, 0) is 13.8 Å². The summed E-state index contributed by atoms with van der Waals surface area (Å²) in [5.74, 6) is -2.33. The molecule has 2 aliphatic heterocycles. The maximum Gasteiger partial charge on any atom is 0.167 e. The molecule has 0 aromatic carbocycles. The average molecular weight is 463 g/mol. The molecule has 4 heterocycles. The van der Waals surface area contributed by atoms with Gasteiger partial charge in [-0.2, -0.15) is 0 Å². The van der Waals surface area contributed by atoms with Gasteiger partial charge in [0.25, 0.3) is 0 Å². The number of ether oxygens (including phenoxy) is 3. The summed E-state index contributed by atoms with van der Waals surface area (Å²) in [7, 11) is -9.93. The van der Waals surface area contributed by atoms with Crippen LogP contribution in [-0.2, 0) is 27.9 Å². The Balaban J connectivity index is 1.59. The number of hydrogen-bond donors (Lipinski definition) is 2. The molecule has 16 heteroatoms. The largest absolute Gasteiger partial charge is 0.778 e. The molecule has 30 heavy (non-hydrogen) atoms. The van der Waals surface area contributed by atoms with E-state index in [0.29, 0.717) is 11.2 Å². The Kier molecular flexibility index (Phi) is 5.29. The minimum absolute atomic E-state index is 0.176. The lowest BCUT2D eigenvalue weighted by Crippen LogP contribution is -2.33. The van der Waals surface area contributed by atoms with E-state index in [4.69, 9.17) is 29.4 Å². The second-order valence-corrected chi connectivity index (χ2v) is 11.3. The molecule has 2 unspecified atom stereocenters. The van der Waals surface area contributed by atoms with Gasteiger partial charge in [0, 0.05) is 0 Å². The van der Waals surface area contributed by atoms with Crippen molar-refractivity contribution in [2.75, 3.05) is 18.2 Å². The monoisotopic (exact) mass is 463 g/mol. The van der Waals surface area contributed by atoms with E-state index in [-0.39, 0.29) is 5.82 Å². The predicted octanol–water partition coefficient (Wildman–Crippen LogP) is -1.10. The molecule has 14 nitrogen and oxygen atoms in total. The first kappa shape index (κ1) is 21.8. The Bertz CT molecular complexity index is 1060. The molecule has 0 amide bonds. The average Bonchev–Trinajstić information content (AvgIpc) is 3.22. The fourth-order valence-electron chi connectivity index (χ4n) is 3.52. The van der Waals surface area contributed by atoms with Crippen LogP contribution >= 0.6 is 15.2 Å². The van der Waals surface area contributed by atoms with E-state index >= 15 is 0 Å². The van der Waals surface area contributed by atoms with Crippen LogP contribution in [0, 0.1) is 0 Å². The molecule has 2 fully saturated rings. The zero-order chi connectivity index (χ0) is 21.9. The van der Waals surface area contributed by atoms with E-state index in [1.54, 1.807) is 18.4 Å². The van der Waals surface area contributed by atoms with Gasteiger partial charge in [-0.3, -0.25) is 4.57 Å². The number of nitrogen functional groups attached to an aromatic ring is 1. The standard InChI is InChI=1S/C14H21N5O9P2/c1-14(2)27-9-7(3-25-30(23,24)6-29(20,21)22)26-13(10(9)28-14)19-5-18-8-11(15)16-4-17-12(8)19/h4-5,7,9-10,13H,3,6H2,1-2H3,(H,23,24)(H2,15,16,17)(H2,20,21,22)/p-2/t7-,9-,10-,13-/m1/s1. The van der Waals surface area contributed by atoms with Crippen LogP contribution in [0.2, 0.25) is 0 Å². The second kappa shape index (κ2) is 7.30. The van der Waals surface area contributed by atoms with Crippen molar-refractivity contribution in [1.29, 1.82) is 0 Å². The summed E-state index contributed by atoms with van der Waals surface area (Å²) in [5, 5.41) is 0. The number of fused-ring (bicyclic) bond motifs is 2. The molecular weight excluding hydrogens is 444 g/mol. The van der Waals surface area contributed by atoms with Crippen LogP contribution in [-0.4, -0.2) is 61.0 Å². The molecule has 0 bridgehead atoms. The summed E-state index contributed by atoms with van der Waals surface area (Å²) in [4.78, 5) is 43.8. The highest BCUT2D eigenvalue weighted by Crippen LogP contribution is 2.51. The fourth-order valence-corrected chi connectivity index (χ4v) is 5.97.